The first-order chi connectivity index (χ1) is 19.4. The third-order valence-electron chi connectivity index (χ3n) is 7.54. The Bertz CT molecular complexity index is 1230. The van der Waals surface area contributed by atoms with Crippen molar-refractivity contribution in [2.75, 3.05) is 125 Å². The molecule has 0 spiro atoms. The Morgan fingerprint density at radius 2 is 0.953 bits per heavy atom. The van der Waals surface area contributed by atoms with E-state index in [0.29, 0.717) is 0 Å². The fourth-order valence-electron chi connectivity index (χ4n) is 4.63. The standard InChI is InChI=1S/C27H64N11P5/c1-20-26-21-23-27(24-22-26)25-38(14)43(36(10)11,37(12)13)31-42(28-39(15,16)17,29-40(18,32(2)3)33(4)5)30-41(19,34(6)7)35(8)9/h20-24,42H,1,25H2,2-19H3. The van der Waals surface area contributed by atoms with Crippen LogP contribution < -0.4 is 0 Å². The Labute approximate surface area is 266 Å². The third kappa shape index (κ3) is 10.0. The minimum absolute atomic E-state index is 0.724. The van der Waals surface area contributed by atoms with E-state index in [1.54, 1.807) is 0 Å². The summed E-state index contributed by atoms with van der Waals surface area (Å²) in [5, 5.41) is 0. The molecule has 0 aromatic heterocycles. The van der Waals surface area contributed by atoms with Crippen molar-refractivity contribution in [2.45, 2.75) is 6.54 Å². The average Bonchev–Trinajstić information content (AvgIpc) is 2.85. The van der Waals surface area contributed by atoms with Crippen LogP contribution in [0.4, 0.5) is 0 Å². The molecule has 0 atom stereocenters. The van der Waals surface area contributed by atoms with Crippen LogP contribution in [0.2, 0.25) is 0 Å². The predicted molar refractivity (Wildman–Crippen MR) is 205 cm³/mol. The first-order valence-electron chi connectivity index (χ1n) is 14.3. The Kier molecular flexibility index (Phi) is 15.0. The number of nitrogens with zero attached hydrogens (tertiary/aromatic N) is 11. The van der Waals surface area contributed by atoms with Crippen LogP contribution in [0.1, 0.15) is 11.1 Å². The molecule has 0 heterocycles. The monoisotopic (exact) mass is 697 g/mol. The van der Waals surface area contributed by atoms with E-state index in [1.807, 2.05) is 6.08 Å². The van der Waals surface area contributed by atoms with Gasteiger partial charge in [-0.2, -0.15) is 0 Å². The SMILES string of the molecule is C=Cc1ccc(CN(C)P(=N[PH](N=P(C)(C)C)(N=P(C)(N(C)C)N(C)C)N=P(C)(N(C)C)N(C)C)(N(C)C)N(C)C)cc1. The fraction of sp³-hybridized carbons (Fsp3) is 0.704. The summed E-state index contributed by atoms with van der Waals surface area (Å²) >= 11 is 0. The van der Waals surface area contributed by atoms with Crippen LogP contribution in [-0.4, -0.2) is 158 Å². The molecule has 0 aliphatic rings. The second-order valence-electron chi connectivity index (χ2n) is 13.1. The van der Waals surface area contributed by atoms with Crippen LogP contribution >= 0.6 is 37.1 Å². The molecule has 11 nitrogen and oxygen atoms in total. The number of benzene rings is 1. The van der Waals surface area contributed by atoms with Crippen molar-refractivity contribution in [2.24, 2.45) is 18.1 Å². The van der Waals surface area contributed by atoms with Gasteiger partial charge in [0.1, 0.15) is 0 Å². The molecule has 0 radical (unpaired) electrons. The summed E-state index contributed by atoms with van der Waals surface area (Å²) in [7, 11) is 15.5. The molecular formula is C27H64N11P5. The second kappa shape index (κ2) is 15.7. The van der Waals surface area contributed by atoms with Gasteiger partial charge in [-0.05, 0) is 0 Å². The summed E-state index contributed by atoms with van der Waals surface area (Å²) in [6.07, 6.45) is 1.88. The summed E-state index contributed by atoms with van der Waals surface area (Å²) in [5.74, 6) is 0. The van der Waals surface area contributed by atoms with Crippen LogP contribution in [0.5, 0.6) is 0 Å². The molecule has 0 fully saturated rings. The maximum atomic E-state index is 6.04. The topological polar surface area (TPSA) is 72.1 Å². The summed E-state index contributed by atoms with van der Waals surface area (Å²) in [6, 6.07) is 8.60. The Morgan fingerprint density at radius 3 is 1.23 bits per heavy atom. The zero-order valence-corrected chi connectivity index (χ0v) is 35.1. The summed E-state index contributed by atoms with van der Waals surface area (Å²) < 4.78 is 39.5. The first-order valence-corrected chi connectivity index (χ1v) is 25.0. The van der Waals surface area contributed by atoms with E-state index >= 15 is 0 Å². The van der Waals surface area contributed by atoms with Gasteiger partial charge in [-0.3, -0.25) is 0 Å². The van der Waals surface area contributed by atoms with Gasteiger partial charge in [-0.15, -0.1) is 0 Å². The summed E-state index contributed by atoms with van der Waals surface area (Å²) in [4.78, 5) is 0. The Morgan fingerprint density at radius 1 is 0.581 bits per heavy atom. The molecule has 1 aromatic carbocycles. The maximum absolute atomic E-state index is 6.04. The van der Waals surface area contributed by atoms with Crippen molar-refractivity contribution >= 4 is 43.2 Å². The molecule has 0 N–H and O–H groups in total. The second-order valence-corrected chi connectivity index (χ2v) is 31.4. The van der Waals surface area contributed by atoms with Crippen LogP contribution in [0.25, 0.3) is 6.08 Å². The van der Waals surface area contributed by atoms with Crippen LogP contribution in [0.3, 0.4) is 0 Å². The number of hydrogen-bond acceptors (Lipinski definition) is 4. The molecule has 1 rings (SSSR count). The third-order valence-corrected chi connectivity index (χ3v) is 27.6. The van der Waals surface area contributed by atoms with Gasteiger partial charge in [-0.25, -0.2) is 0 Å². The molecule has 0 saturated carbocycles. The zero-order chi connectivity index (χ0) is 33.8. The predicted octanol–water partition coefficient (Wildman–Crippen LogP) is 7.90. The van der Waals surface area contributed by atoms with Crippen molar-refractivity contribution in [3.8, 4) is 0 Å². The molecule has 252 valence electrons. The average molecular weight is 698 g/mol. The molecule has 0 aliphatic carbocycles. The molecule has 0 saturated heterocycles. The van der Waals surface area contributed by atoms with Gasteiger partial charge < -0.3 is 0 Å². The van der Waals surface area contributed by atoms with Crippen molar-refractivity contribution in [3.05, 3.63) is 42.0 Å². The van der Waals surface area contributed by atoms with Crippen molar-refractivity contribution in [3.63, 3.8) is 0 Å². The molecule has 0 unspecified atom stereocenters. The van der Waals surface area contributed by atoms with Crippen molar-refractivity contribution in [1.29, 1.82) is 0 Å². The van der Waals surface area contributed by atoms with Crippen molar-refractivity contribution < 1.29 is 0 Å². The summed E-state index contributed by atoms with van der Waals surface area (Å²) in [5.41, 5.74) is 2.33. The molecule has 0 aliphatic heterocycles. The number of rotatable bonds is 14. The zero-order valence-electron chi connectivity index (χ0n) is 30.5. The van der Waals surface area contributed by atoms with Gasteiger partial charge in [0, 0.05) is 0 Å². The minimum atomic E-state index is -3.52. The van der Waals surface area contributed by atoms with E-state index in [0.717, 1.165) is 12.1 Å². The number of hydrogen-bond donors (Lipinski definition) is 0. The van der Waals surface area contributed by atoms with Gasteiger partial charge in [0.05, 0.1) is 0 Å². The van der Waals surface area contributed by atoms with Crippen molar-refractivity contribution in [1.82, 2.24) is 32.7 Å². The molecular weight excluding hydrogens is 633 g/mol. The molecule has 1 aromatic rings. The molecule has 16 heteroatoms. The van der Waals surface area contributed by atoms with E-state index in [-0.39, 0.29) is 0 Å². The van der Waals surface area contributed by atoms with E-state index < -0.39 is 37.1 Å². The van der Waals surface area contributed by atoms with Gasteiger partial charge in [0.2, 0.25) is 0 Å². The molecule has 0 bridgehead atoms. The Hall–Kier alpha value is 0.0300. The van der Waals surface area contributed by atoms with Gasteiger partial charge in [0.25, 0.3) is 0 Å². The first kappa shape index (κ1) is 41.1. The quantitative estimate of drug-likeness (QED) is 0.183. The van der Waals surface area contributed by atoms with Crippen LogP contribution in [0.15, 0.2) is 48.9 Å². The fourth-order valence-corrected chi connectivity index (χ4v) is 25.1. The summed E-state index contributed by atoms with van der Waals surface area (Å²) in [6.45, 7) is 15.9. The van der Waals surface area contributed by atoms with Crippen LogP contribution in [-0.2, 0) is 6.54 Å². The van der Waals surface area contributed by atoms with Crippen LogP contribution in [0, 0.1) is 0 Å². The molecule has 43 heavy (non-hydrogen) atoms. The van der Waals surface area contributed by atoms with Gasteiger partial charge >= 0.3 is 267 Å². The normalized spacial score (nSPS) is 14.4. The van der Waals surface area contributed by atoms with E-state index in [2.05, 4.69) is 188 Å². The van der Waals surface area contributed by atoms with Gasteiger partial charge in [-0.1, -0.05) is 0 Å². The van der Waals surface area contributed by atoms with E-state index in [9.17, 15) is 0 Å². The van der Waals surface area contributed by atoms with Gasteiger partial charge in [0.15, 0.2) is 0 Å². The molecule has 0 amide bonds. The Balaban J connectivity index is 4.64. The van der Waals surface area contributed by atoms with E-state index in [4.69, 9.17) is 18.1 Å². The van der Waals surface area contributed by atoms with E-state index in [1.165, 1.54) is 5.56 Å².